The topological polar surface area (TPSA) is 30.5 Å². The molecule has 1 aliphatic heterocycles. The normalized spacial score (nSPS) is 19.4. The van der Waals surface area contributed by atoms with E-state index in [1.165, 1.54) is 24.0 Å². The zero-order valence-corrected chi connectivity index (χ0v) is 10.9. The van der Waals surface area contributed by atoms with Crippen LogP contribution in [0, 0.1) is 6.92 Å². The minimum Gasteiger partial charge on any atom is -0.493 e. The fraction of sp³-hybridized carbons (Fsp3) is 0.571. The molecule has 1 aromatic carbocycles. The molecule has 1 aliphatic rings. The van der Waals surface area contributed by atoms with Crippen LogP contribution in [0.3, 0.4) is 0 Å². The van der Waals surface area contributed by atoms with Gasteiger partial charge in [0, 0.05) is 6.04 Å². The van der Waals surface area contributed by atoms with E-state index in [1.54, 1.807) is 14.2 Å². The van der Waals surface area contributed by atoms with Crippen molar-refractivity contribution >= 4 is 0 Å². The summed E-state index contributed by atoms with van der Waals surface area (Å²) in [4.78, 5) is 0. The molecule has 1 aromatic rings. The summed E-state index contributed by atoms with van der Waals surface area (Å²) in [5.41, 5.74) is 2.54. The molecule has 3 nitrogen and oxygen atoms in total. The highest BCUT2D eigenvalue weighted by Crippen LogP contribution is 2.33. The van der Waals surface area contributed by atoms with Crippen LogP contribution in [0.4, 0.5) is 0 Å². The average molecular weight is 235 g/mol. The van der Waals surface area contributed by atoms with E-state index in [2.05, 4.69) is 18.3 Å². The molecule has 2 rings (SSSR count). The number of rotatable bonds is 4. The number of hydrogen-bond donors (Lipinski definition) is 1. The molecule has 1 saturated heterocycles. The highest BCUT2D eigenvalue weighted by Gasteiger charge is 2.17. The van der Waals surface area contributed by atoms with Gasteiger partial charge in [0.2, 0.25) is 0 Å². The smallest absolute Gasteiger partial charge is 0.163 e. The number of nitrogens with one attached hydrogen (secondary N) is 1. The summed E-state index contributed by atoms with van der Waals surface area (Å²) in [7, 11) is 3.37. The fourth-order valence-electron chi connectivity index (χ4n) is 2.54. The maximum atomic E-state index is 5.43. The lowest BCUT2D eigenvalue weighted by Gasteiger charge is -2.16. The number of ether oxygens (including phenoxy) is 2. The number of benzene rings is 1. The van der Waals surface area contributed by atoms with Crippen molar-refractivity contribution in [3.63, 3.8) is 0 Å². The molecule has 1 atom stereocenters. The zero-order chi connectivity index (χ0) is 12.3. The van der Waals surface area contributed by atoms with Gasteiger partial charge >= 0.3 is 0 Å². The van der Waals surface area contributed by atoms with Crippen molar-refractivity contribution < 1.29 is 9.47 Å². The van der Waals surface area contributed by atoms with E-state index in [9.17, 15) is 0 Å². The van der Waals surface area contributed by atoms with Gasteiger partial charge < -0.3 is 14.8 Å². The van der Waals surface area contributed by atoms with Gasteiger partial charge in [-0.2, -0.15) is 0 Å². The predicted molar refractivity (Wildman–Crippen MR) is 69.0 cm³/mol. The van der Waals surface area contributed by atoms with Gasteiger partial charge in [-0.05, 0) is 49.9 Å². The Balaban J connectivity index is 2.22. The van der Waals surface area contributed by atoms with Gasteiger partial charge in [-0.3, -0.25) is 0 Å². The van der Waals surface area contributed by atoms with Gasteiger partial charge in [0.15, 0.2) is 11.5 Å². The first-order valence-electron chi connectivity index (χ1n) is 6.20. The highest BCUT2D eigenvalue weighted by atomic mass is 16.5. The Morgan fingerprint density at radius 3 is 2.71 bits per heavy atom. The maximum absolute atomic E-state index is 5.43. The summed E-state index contributed by atoms with van der Waals surface area (Å²) in [6.45, 7) is 3.25. The molecule has 1 heterocycles. The predicted octanol–water partition coefficient (Wildman–Crippen LogP) is 2.31. The summed E-state index contributed by atoms with van der Waals surface area (Å²) < 4.78 is 10.7. The van der Waals surface area contributed by atoms with Crippen LogP contribution >= 0.6 is 0 Å². The summed E-state index contributed by atoms with van der Waals surface area (Å²) in [5, 5.41) is 3.53. The highest BCUT2D eigenvalue weighted by molar-refractivity contribution is 5.50. The molecule has 94 valence electrons. The average Bonchev–Trinajstić information content (AvgIpc) is 2.84. The Hall–Kier alpha value is -1.22. The van der Waals surface area contributed by atoms with Crippen LogP contribution in [0.25, 0.3) is 0 Å². The summed E-state index contributed by atoms with van der Waals surface area (Å²) in [5.74, 6) is 1.68. The van der Waals surface area contributed by atoms with Crippen molar-refractivity contribution in [1.82, 2.24) is 5.32 Å². The van der Waals surface area contributed by atoms with Crippen LogP contribution in [-0.4, -0.2) is 26.8 Å². The SMILES string of the molecule is COc1ccc(CC2CCCN2)c(C)c1OC. The number of hydrogen-bond acceptors (Lipinski definition) is 3. The van der Waals surface area contributed by atoms with Crippen LogP contribution in [0.1, 0.15) is 24.0 Å². The van der Waals surface area contributed by atoms with Gasteiger partial charge in [0.05, 0.1) is 14.2 Å². The van der Waals surface area contributed by atoms with Gasteiger partial charge in [0.1, 0.15) is 0 Å². The van der Waals surface area contributed by atoms with Crippen LogP contribution in [0.15, 0.2) is 12.1 Å². The Morgan fingerprint density at radius 1 is 1.29 bits per heavy atom. The molecule has 1 N–H and O–H groups in total. The lowest BCUT2D eigenvalue weighted by molar-refractivity contribution is 0.352. The van der Waals surface area contributed by atoms with Crippen molar-refractivity contribution in [3.05, 3.63) is 23.3 Å². The van der Waals surface area contributed by atoms with Gasteiger partial charge in [0.25, 0.3) is 0 Å². The minimum absolute atomic E-state index is 0.617. The molecule has 17 heavy (non-hydrogen) atoms. The van der Waals surface area contributed by atoms with Gasteiger partial charge in [-0.15, -0.1) is 0 Å². The summed E-state index contributed by atoms with van der Waals surface area (Å²) in [6.07, 6.45) is 3.64. The van der Waals surface area contributed by atoms with Crippen LogP contribution < -0.4 is 14.8 Å². The van der Waals surface area contributed by atoms with Gasteiger partial charge in [-0.25, -0.2) is 0 Å². The van der Waals surface area contributed by atoms with Crippen molar-refractivity contribution in [1.29, 1.82) is 0 Å². The minimum atomic E-state index is 0.617. The van der Waals surface area contributed by atoms with E-state index in [1.807, 2.05) is 6.07 Å². The first-order chi connectivity index (χ1) is 8.26. The molecule has 0 radical (unpaired) electrons. The van der Waals surface area contributed by atoms with E-state index < -0.39 is 0 Å². The van der Waals surface area contributed by atoms with Crippen molar-refractivity contribution in [2.45, 2.75) is 32.2 Å². The van der Waals surface area contributed by atoms with E-state index in [-0.39, 0.29) is 0 Å². The first kappa shape index (κ1) is 12.2. The molecule has 0 saturated carbocycles. The molecule has 0 bridgehead atoms. The zero-order valence-electron chi connectivity index (χ0n) is 10.9. The molecule has 0 aliphatic carbocycles. The third-order valence-corrected chi connectivity index (χ3v) is 3.53. The molecule has 1 fully saturated rings. The molecular weight excluding hydrogens is 214 g/mol. The van der Waals surface area contributed by atoms with Crippen molar-refractivity contribution in [2.75, 3.05) is 20.8 Å². The first-order valence-corrected chi connectivity index (χ1v) is 6.20. The maximum Gasteiger partial charge on any atom is 0.163 e. The Morgan fingerprint density at radius 2 is 2.12 bits per heavy atom. The monoisotopic (exact) mass is 235 g/mol. The summed E-state index contributed by atoms with van der Waals surface area (Å²) >= 11 is 0. The number of methoxy groups -OCH3 is 2. The van der Waals surface area contributed by atoms with E-state index in [0.29, 0.717) is 6.04 Å². The largest absolute Gasteiger partial charge is 0.493 e. The standard InChI is InChI=1S/C14H21NO2/c1-10-11(9-12-5-4-8-15-12)6-7-13(16-2)14(10)17-3/h6-7,12,15H,4-5,8-9H2,1-3H3. The Labute approximate surface area is 103 Å². The molecule has 1 unspecified atom stereocenters. The Kier molecular flexibility index (Phi) is 3.89. The molecule has 0 spiro atoms. The van der Waals surface area contributed by atoms with Gasteiger partial charge in [-0.1, -0.05) is 6.07 Å². The van der Waals surface area contributed by atoms with Crippen LogP contribution in [0.5, 0.6) is 11.5 Å². The molecule has 3 heteroatoms. The lowest BCUT2D eigenvalue weighted by Crippen LogP contribution is -2.24. The quantitative estimate of drug-likeness (QED) is 0.868. The van der Waals surface area contributed by atoms with Crippen molar-refractivity contribution in [3.8, 4) is 11.5 Å². The fourth-order valence-corrected chi connectivity index (χ4v) is 2.54. The van der Waals surface area contributed by atoms with E-state index >= 15 is 0 Å². The second-order valence-electron chi connectivity index (χ2n) is 4.58. The Bertz CT molecular complexity index is 384. The van der Waals surface area contributed by atoms with Crippen LogP contribution in [0.2, 0.25) is 0 Å². The van der Waals surface area contributed by atoms with E-state index in [4.69, 9.17) is 9.47 Å². The van der Waals surface area contributed by atoms with Crippen molar-refractivity contribution in [2.24, 2.45) is 0 Å². The summed E-state index contributed by atoms with van der Waals surface area (Å²) in [6, 6.07) is 4.76. The van der Waals surface area contributed by atoms with E-state index in [0.717, 1.165) is 24.5 Å². The van der Waals surface area contributed by atoms with Crippen LogP contribution in [-0.2, 0) is 6.42 Å². The second-order valence-corrected chi connectivity index (χ2v) is 4.58. The molecule has 0 aromatic heterocycles. The second kappa shape index (κ2) is 5.41. The lowest BCUT2D eigenvalue weighted by atomic mass is 9.99. The molecule has 0 amide bonds. The third-order valence-electron chi connectivity index (χ3n) is 3.53. The third kappa shape index (κ3) is 2.55. The molecular formula is C14H21NO2.